The number of ether oxygens (including phenoxy) is 1. The molecule has 21 heavy (non-hydrogen) atoms. The molecule has 1 atom stereocenters. The fraction of sp³-hybridized carbons (Fsp3) is 0.562. The zero-order valence-corrected chi connectivity index (χ0v) is 12.5. The van der Waals surface area contributed by atoms with Crippen molar-refractivity contribution in [1.29, 1.82) is 0 Å². The highest BCUT2D eigenvalue weighted by Crippen LogP contribution is 2.30. The van der Waals surface area contributed by atoms with Gasteiger partial charge in [0.15, 0.2) is 17.7 Å². The molecule has 1 saturated carbocycles. The molecule has 1 aliphatic carbocycles. The average molecular weight is 295 g/mol. The summed E-state index contributed by atoms with van der Waals surface area (Å²) in [6.45, 7) is 1.88. The standard InChI is InChI=1S/C16H22FNO3/c1-12(21-14-8-4-3-7-13(14)17)15(19)18(2)11-16(20)9-5-6-10-16/h3-4,7-8,12,20H,5-6,9-11H2,1-2H3. The van der Waals surface area contributed by atoms with Crippen LogP contribution < -0.4 is 4.74 Å². The van der Waals surface area contributed by atoms with Crippen molar-refractivity contribution in [3.63, 3.8) is 0 Å². The number of aliphatic hydroxyl groups is 1. The highest BCUT2D eigenvalue weighted by molar-refractivity contribution is 5.80. The van der Waals surface area contributed by atoms with Gasteiger partial charge in [0, 0.05) is 13.6 Å². The fourth-order valence-corrected chi connectivity index (χ4v) is 2.80. The lowest BCUT2D eigenvalue weighted by Crippen LogP contribution is -2.46. The Bertz CT molecular complexity index is 500. The molecule has 0 heterocycles. The molecule has 1 N–H and O–H groups in total. The van der Waals surface area contributed by atoms with Crippen LogP contribution in [0.4, 0.5) is 4.39 Å². The highest BCUT2D eigenvalue weighted by atomic mass is 19.1. The minimum atomic E-state index is -0.795. The van der Waals surface area contributed by atoms with Crippen molar-refractivity contribution in [3.05, 3.63) is 30.1 Å². The van der Waals surface area contributed by atoms with E-state index < -0.39 is 17.5 Å². The maximum absolute atomic E-state index is 13.5. The van der Waals surface area contributed by atoms with Crippen LogP contribution in [0.3, 0.4) is 0 Å². The number of hydrogen-bond acceptors (Lipinski definition) is 3. The normalized spacial score (nSPS) is 18.3. The van der Waals surface area contributed by atoms with E-state index in [9.17, 15) is 14.3 Å². The first-order chi connectivity index (χ1) is 9.91. The van der Waals surface area contributed by atoms with E-state index in [1.807, 2.05) is 0 Å². The van der Waals surface area contributed by atoms with Gasteiger partial charge < -0.3 is 14.7 Å². The van der Waals surface area contributed by atoms with Crippen molar-refractivity contribution in [2.75, 3.05) is 13.6 Å². The predicted molar refractivity (Wildman–Crippen MR) is 77.5 cm³/mol. The van der Waals surface area contributed by atoms with E-state index in [1.165, 1.54) is 17.0 Å². The van der Waals surface area contributed by atoms with Gasteiger partial charge in [0.1, 0.15) is 0 Å². The van der Waals surface area contributed by atoms with Crippen LogP contribution in [0, 0.1) is 5.82 Å². The molecular weight excluding hydrogens is 273 g/mol. The third kappa shape index (κ3) is 3.94. The number of carbonyl (C=O) groups is 1. The summed E-state index contributed by atoms with van der Waals surface area (Å²) in [6, 6.07) is 6.00. The van der Waals surface area contributed by atoms with Gasteiger partial charge in [-0.1, -0.05) is 25.0 Å². The van der Waals surface area contributed by atoms with Gasteiger partial charge in [-0.15, -0.1) is 0 Å². The number of halogens is 1. The fourth-order valence-electron chi connectivity index (χ4n) is 2.80. The van der Waals surface area contributed by atoms with Crippen LogP contribution in [0.5, 0.6) is 5.75 Å². The maximum atomic E-state index is 13.5. The Morgan fingerprint density at radius 3 is 2.67 bits per heavy atom. The number of likely N-dealkylation sites (N-methyl/N-ethyl adjacent to an activating group) is 1. The van der Waals surface area contributed by atoms with E-state index in [2.05, 4.69) is 0 Å². The summed E-state index contributed by atoms with van der Waals surface area (Å²) >= 11 is 0. The lowest BCUT2D eigenvalue weighted by molar-refractivity contribution is -0.139. The lowest BCUT2D eigenvalue weighted by Gasteiger charge is -2.30. The van der Waals surface area contributed by atoms with Crippen molar-refractivity contribution in [3.8, 4) is 5.75 Å². The Morgan fingerprint density at radius 2 is 2.05 bits per heavy atom. The molecular formula is C16H22FNO3. The van der Waals surface area contributed by atoms with Crippen LogP contribution in [0.2, 0.25) is 0 Å². The van der Waals surface area contributed by atoms with Crippen molar-refractivity contribution >= 4 is 5.91 Å². The molecule has 1 amide bonds. The first-order valence-corrected chi connectivity index (χ1v) is 7.30. The van der Waals surface area contributed by atoms with Crippen LogP contribution in [-0.4, -0.2) is 41.2 Å². The van der Waals surface area contributed by atoms with E-state index in [4.69, 9.17) is 4.74 Å². The number of nitrogens with zero attached hydrogens (tertiary/aromatic N) is 1. The smallest absolute Gasteiger partial charge is 0.263 e. The Kier molecular flexibility index (Phi) is 4.83. The molecule has 5 heteroatoms. The topological polar surface area (TPSA) is 49.8 Å². The van der Waals surface area contributed by atoms with Crippen LogP contribution in [0.15, 0.2) is 24.3 Å². The second-order valence-electron chi connectivity index (χ2n) is 5.82. The second kappa shape index (κ2) is 6.43. The van der Waals surface area contributed by atoms with Crippen molar-refractivity contribution < 1.29 is 19.0 Å². The van der Waals surface area contributed by atoms with Gasteiger partial charge in [0.25, 0.3) is 5.91 Å². The number of rotatable bonds is 5. The maximum Gasteiger partial charge on any atom is 0.263 e. The van der Waals surface area contributed by atoms with Crippen LogP contribution in [0.25, 0.3) is 0 Å². The molecule has 2 rings (SSSR count). The minimum Gasteiger partial charge on any atom is -0.478 e. The molecule has 1 aliphatic rings. The summed E-state index contributed by atoms with van der Waals surface area (Å²) in [6.07, 6.45) is 2.61. The van der Waals surface area contributed by atoms with Gasteiger partial charge >= 0.3 is 0 Å². The molecule has 4 nitrogen and oxygen atoms in total. The average Bonchev–Trinajstić information content (AvgIpc) is 2.86. The van der Waals surface area contributed by atoms with E-state index in [0.717, 1.165) is 12.8 Å². The molecule has 116 valence electrons. The van der Waals surface area contributed by atoms with E-state index in [-0.39, 0.29) is 18.2 Å². The largest absolute Gasteiger partial charge is 0.478 e. The highest BCUT2D eigenvalue weighted by Gasteiger charge is 2.34. The molecule has 1 fully saturated rings. The lowest BCUT2D eigenvalue weighted by atomic mass is 10.0. The first kappa shape index (κ1) is 15.8. The van der Waals surface area contributed by atoms with E-state index >= 15 is 0 Å². The summed E-state index contributed by atoms with van der Waals surface area (Å²) in [5.41, 5.74) is -0.790. The van der Waals surface area contributed by atoms with Crippen LogP contribution in [-0.2, 0) is 4.79 Å². The van der Waals surface area contributed by atoms with Gasteiger partial charge in [0.2, 0.25) is 0 Å². The van der Waals surface area contributed by atoms with Crippen LogP contribution in [0.1, 0.15) is 32.6 Å². The molecule has 1 unspecified atom stereocenters. The van der Waals surface area contributed by atoms with Crippen molar-refractivity contribution in [2.24, 2.45) is 0 Å². The zero-order valence-electron chi connectivity index (χ0n) is 12.5. The third-order valence-electron chi connectivity index (χ3n) is 3.93. The zero-order chi connectivity index (χ0) is 15.5. The molecule has 0 radical (unpaired) electrons. The number of amides is 1. The van der Waals surface area contributed by atoms with Gasteiger partial charge in [0.05, 0.1) is 5.60 Å². The van der Waals surface area contributed by atoms with E-state index in [1.54, 1.807) is 26.1 Å². The van der Waals surface area contributed by atoms with Gasteiger partial charge in [-0.2, -0.15) is 0 Å². The predicted octanol–water partition coefficient (Wildman–Crippen LogP) is 2.36. The summed E-state index contributed by atoms with van der Waals surface area (Å²) < 4.78 is 18.9. The number of hydrogen-bond donors (Lipinski definition) is 1. The number of benzene rings is 1. The third-order valence-corrected chi connectivity index (χ3v) is 3.93. The molecule has 1 aromatic carbocycles. The quantitative estimate of drug-likeness (QED) is 0.907. The van der Waals surface area contributed by atoms with Crippen molar-refractivity contribution in [2.45, 2.75) is 44.3 Å². The SMILES string of the molecule is CC(Oc1ccccc1F)C(=O)N(C)CC1(O)CCCC1. The van der Waals surface area contributed by atoms with Gasteiger partial charge in [-0.3, -0.25) is 4.79 Å². The molecule has 1 aromatic rings. The second-order valence-corrected chi connectivity index (χ2v) is 5.82. The monoisotopic (exact) mass is 295 g/mol. The Balaban J connectivity index is 1.94. The molecule has 0 saturated heterocycles. The molecule has 0 bridgehead atoms. The van der Waals surface area contributed by atoms with Gasteiger partial charge in [-0.25, -0.2) is 4.39 Å². The summed E-state index contributed by atoms with van der Waals surface area (Å²) in [5, 5.41) is 10.3. The van der Waals surface area contributed by atoms with Crippen molar-refractivity contribution in [1.82, 2.24) is 4.90 Å². The van der Waals surface area contributed by atoms with Crippen LogP contribution >= 0.6 is 0 Å². The summed E-state index contributed by atoms with van der Waals surface area (Å²) in [4.78, 5) is 13.7. The first-order valence-electron chi connectivity index (χ1n) is 7.30. The summed E-state index contributed by atoms with van der Waals surface area (Å²) in [5.74, 6) is -0.695. The Morgan fingerprint density at radius 1 is 1.43 bits per heavy atom. The molecule has 0 aliphatic heterocycles. The Labute approximate surface area is 124 Å². The Hall–Kier alpha value is -1.62. The van der Waals surface area contributed by atoms with Gasteiger partial charge in [-0.05, 0) is 31.9 Å². The van der Waals surface area contributed by atoms with E-state index in [0.29, 0.717) is 12.8 Å². The molecule has 0 spiro atoms. The summed E-state index contributed by atoms with van der Waals surface area (Å²) in [7, 11) is 1.64. The number of para-hydroxylation sites is 1. The number of carbonyl (C=O) groups excluding carboxylic acids is 1. The minimum absolute atomic E-state index is 0.0614. The molecule has 0 aromatic heterocycles.